The smallest absolute Gasteiger partial charge is 0.0462 e. The van der Waals surface area contributed by atoms with Gasteiger partial charge in [0.2, 0.25) is 0 Å². The highest BCUT2D eigenvalue weighted by molar-refractivity contribution is 7.20. The molecule has 0 aliphatic heterocycles. The van der Waals surface area contributed by atoms with Crippen LogP contribution in [0.3, 0.4) is 0 Å². The van der Waals surface area contributed by atoms with Crippen LogP contribution in [0.25, 0.3) is 60.7 Å². The zero-order valence-corrected chi connectivity index (χ0v) is 31.7. The van der Waals surface area contributed by atoms with Crippen LogP contribution in [0.4, 0.5) is 17.1 Å². The lowest BCUT2D eigenvalue weighted by Gasteiger charge is -2.26. The minimum atomic E-state index is 0.420. The van der Waals surface area contributed by atoms with Crippen molar-refractivity contribution in [3.05, 3.63) is 228 Å². The van der Waals surface area contributed by atoms with Crippen LogP contribution in [-0.4, -0.2) is 0 Å². The number of hydrogen-bond acceptors (Lipinski definition) is 2. The van der Waals surface area contributed by atoms with Crippen molar-refractivity contribution in [2.45, 2.75) is 12.3 Å². The molecule has 0 bridgehead atoms. The Morgan fingerprint density at radius 1 is 0.393 bits per heavy atom. The highest BCUT2D eigenvalue weighted by atomic mass is 32.1. The molecule has 1 nitrogen and oxygen atoms in total. The third-order valence-corrected chi connectivity index (χ3v) is 12.3. The van der Waals surface area contributed by atoms with Crippen molar-refractivity contribution in [1.29, 1.82) is 0 Å². The second-order valence-electron chi connectivity index (χ2n) is 14.5. The predicted octanol–water partition coefficient (Wildman–Crippen LogP) is 15.4. The molecule has 56 heavy (non-hydrogen) atoms. The van der Waals surface area contributed by atoms with Gasteiger partial charge in [0, 0.05) is 32.6 Å². The van der Waals surface area contributed by atoms with Crippen molar-refractivity contribution in [3.63, 3.8) is 0 Å². The number of rotatable bonds is 8. The van der Waals surface area contributed by atoms with Crippen LogP contribution in [0.15, 0.2) is 212 Å². The maximum absolute atomic E-state index is 2.41. The quantitative estimate of drug-likeness (QED) is 0.150. The molecular formula is C54H39NS. The Kier molecular flexibility index (Phi) is 8.95. The summed E-state index contributed by atoms with van der Waals surface area (Å²) < 4.78 is 1.36. The van der Waals surface area contributed by atoms with Crippen molar-refractivity contribution < 1.29 is 0 Å². The number of nitrogens with zero attached hydrogens (tertiary/aromatic N) is 1. The lowest BCUT2D eigenvalue weighted by Crippen LogP contribution is -2.09. The minimum Gasteiger partial charge on any atom is -0.311 e. The molecule has 0 radical (unpaired) electrons. The summed E-state index contributed by atoms with van der Waals surface area (Å²) >= 11 is 1.91. The zero-order chi connectivity index (χ0) is 37.3. The summed E-state index contributed by atoms with van der Waals surface area (Å²) in [7, 11) is 0. The van der Waals surface area contributed by atoms with Crippen LogP contribution >= 0.6 is 11.3 Å². The maximum Gasteiger partial charge on any atom is 0.0462 e. The van der Waals surface area contributed by atoms with E-state index in [1.54, 1.807) is 0 Å². The topological polar surface area (TPSA) is 3.24 Å². The average molecular weight is 734 g/mol. The number of allylic oxidation sites excluding steroid dienone is 1. The van der Waals surface area contributed by atoms with Crippen molar-refractivity contribution >= 4 is 44.6 Å². The molecular weight excluding hydrogens is 695 g/mol. The molecule has 0 saturated heterocycles. The Balaban J connectivity index is 0.927. The molecule has 1 aliphatic carbocycles. The normalized spacial score (nSPS) is 13.4. The molecule has 1 aromatic heterocycles. The number of fused-ring (bicyclic) bond motifs is 3. The molecule has 0 fully saturated rings. The van der Waals surface area contributed by atoms with Gasteiger partial charge in [0.05, 0.1) is 0 Å². The first kappa shape index (κ1) is 33.8. The largest absolute Gasteiger partial charge is 0.311 e. The predicted molar refractivity (Wildman–Crippen MR) is 240 cm³/mol. The van der Waals surface area contributed by atoms with Gasteiger partial charge in [-0.25, -0.2) is 0 Å². The number of thiophene rings is 1. The molecule has 8 aromatic carbocycles. The summed E-state index contributed by atoms with van der Waals surface area (Å²) in [5.41, 5.74) is 16.0. The molecule has 266 valence electrons. The third kappa shape index (κ3) is 6.66. The van der Waals surface area contributed by atoms with Gasteiger partial charge in [-0.1, -0.05) is 164 Å². The molecule has 1 unspecified atom stereocenters. The molecule has 10 rings (SSSR count). The molecule has 1 atom stereocenters. The second-order valence-corrected chi connectivity index (χ2v) is 15.6. The summed E-state index contributed by atoms with van der Waals surface area (Å²) in [6.45, 7) is 0. The minimum absolute atomic E-state index is 0.420. The monoisotopic (exact) mass is 733 g/mol. The maximum atomic E-state index is 2.41. The van der Waals surface area contributed by atoms with Gasteiger partial charge in [0.25, 0.3) is 0 Å². The van der Waals surface area contributed by atoms with Crippen LogP contribution in [0.2, 0.25) is 0 Å². The van der Waals surface area contributed by atoms with Crippen molar-refractivity contribution in [2.24, 2.45) is 0 Å². The van der Waals surface area contributed by atoms with E-state index in [9.17, 15) is 0 Å². The van der Waals surface area contributed by atoms with Gasteiger partial charge in [-0.2, -0.15) is 0 Å². The molecule has 0 N–H and O–H groups in total. The Labute approximate surface area is 333 Å². The fourth-order valence-electron chi connectivity index (χ4n) is 8.09. The first-order valence-electron chi connectivity index (χ1n) is 19.3. The second kappa shape index (κ2) is 14.8. The van der Waals surface area contributed by atoms with Crippen LogP contribution in [-0.2, 0) is 6.42 Å². The highest BCUT2D eigenvalue weighted by Gasteiger charge is 2.21. The summed E-state index contributed by atoms with van der Waals surface area (Å²) in [5, 5.41) is 1.39. The van der Waals surface area contributed by atoms with Crippen LogP contribution < -0.4 is 4.90 Å². The lowest BCUT2D eigenvalue weighted by molar-refractivity contribution is 0.837. The fourth-order valence-corrected chi connectivity index (χ4v) is 9.21. The van der Waals surface area contributed by atoms with E-state index in [-0.39, 0.29) is 0 Å². The molecule has 0 amide bonds. The Morgan fingerprint density at radius 3 is 1.27 bits per heavy atom. The average Bonchev–Trinajstić information content (AvgIpc) is 3.65. The summed E-state index contributed by atoms with van der Waals surface area (Å²) in [5.74, 6) is 0.420. The SMILES string of the molecule is C1=CC(c2ccccc2)Cc2c1sc1ccc(-c3ccc(-c4ccc(N(c5ccc(-c6ccccc6)cc5)c5ccc(-c6ccccc6)cc5)cc4)cc3)cc21. The van der Waals surface area contributed by atoms with Crippen LogP contribution in [0.1, 0.15) is 21.9 Å². The van der Waals surface area contributed by atoms with E-state index in [0.29, 0.717) is 5.92 Å². The van der Waals surface area contributed by atoms with E-state index in [0.717, 1.165) is 23.5 Å². The Morgan fingerprint density at radius 2 is 0.786 bits per heavy atom. The first-order valence-corrected chi connectivity index (χ1v) is 20.2. The molecule has 0 spiro atoms. The van der Waals surface area contributed by atoms with Crippen LogP contribution in [0.5, 0.6) is 0 Å². The van der Waals surface area contributed by atoms with Gasteiger partial charge >= 0.3 is 0 Å². The Bertz CT molecular complexity index is 2680. The number of anilines is 3. The summed E-state index contributed by atoms with van der Waals surface area (Å²) in [6.07, 6.45) is 5.76. The third-order valence-electron chi connectivity index (χ3n) is 11.1. The van der Waals surface area contributed by atoms with Gasteiger partial charge in [-0.15, -0.1) is 11.3 Å². The van der Waals surface area contributed by atoms with Crippen molar-refractivity contribution in [1.82, 2.24) is 0 Å². The van der Waals surface area contributed by atoms with Crippen molar-refractivity contribution in [2.75, 3.05) is 4.90 Å². The lowest BCUT2D eigenvalue weighted by atomic mass is 9.86. The van der Waals surface area contributed by atoms with Gasteiger partial charge < -0.3 is 4.90 Å². The standard InChI is InChI=1S/C54H39NS/c1-4-10-38(11-5-1)42-20-28-48(29-21-42)55(49-30-22-43(23-31-49)39-12-6-2-7-13-39)50-32-24-44(25-33-50)41-16-18-45(19-17-41)47-27-35-54-52(37-47)51-36-46(26-34-53(51)56-54)40-14-8-3-9-15-40/h1-35,37,46H,36H2. The molecule has 0 saturated carbocycles. The summed E-state index contributed by atoms with van der Waals surface area (Å²) in [4.78, 5) is 3.74. The van der Waals surface area contributed by atoms with E-state index < -0.39 is 0 Å². The zero-order valence-electron chi connectivity index (χ0n) is 30.9. The van der Waals surface area contributed by atoms with Gasteiger partial charge in [0.15, 0.2) is 0 Å². The van der Waals surface area contributed by atoms with Crippen molar-refractivity contribution in [3.8, 4) is 44.5 Å². The fraction of sp³-hybridized carbons (Fsp3) is 0.0370. The van der Waals surface area contributed by atoms with Gasteiger partial charge in [-0.05, 0) is 122 Å². The van der Waals surface area contributed by atoms with Crippen LogP contribution in [0, 0.1) is 0 Å². The molecule has 1 heterocycles. The van der Waals surface area contributed by atoms with E-state index in [4.69, 9.17) is 0 Å². The van der Waals surface area contributed by atoms with Gasteiger partial charge in [-0.3, -0.25) is 0 Å². The first-order chi connectivity index (χ1) is 27.7. The molecule has 9 aromatic rings. The summed E-state index contributed by atoms with van der Waals surface area (Å²) in [6, 6.07) is 74.8. The Hall–Kier alpha value is -6.74. The van der Waals surface area contributed by atoms with E-state index in [1.165, 1.54) is 70.6 Å². The number of benzene rings is 8. The van der Waals surface area contributed by atoms with E-state index >= 15 is 0 Å². The molecule has 2 heteroatoms. The highest BCUT2D eigenvalue weighted by Crippen LogP contribution is 2.42. The molecule has 1 aliphatic rings. The number of hydrogen-bond donors (Lipinski definition) is 0. The van der Waals surface area contributed by atoms with Gasteiger partial charge in [0.1, 0.15) is 0 Å². The van der Waals surface area contributed by atoms with E-state index in [2.05, 4.69) is 223 Å². The van der Waals surface area contributed by atoms with E-state index in [1.807, 2.05) is 11.3 Å².